The molecule has 0 fully saturated rings. The van der Waals surface area contributed by atoms with Crippen molar-refractivity contribution in [1.82, 2.24) is 4.90 Å². The van der Waals surface area contributed by atoms with Gasteiger partial charge in [0.15, 0.2) is 5.92 Å². The van der Waals surface area contributed by atoms with Gasteiger partial charge >= 0.3 is 18.1 Å². The largest absolute Gasteiger partial charge is 0.445 e. The van der Waals surface area contributed by atoms with Crippen LogP contribution in [-0.2, 0) is 15.8 Å². The van der Waals surface area contributed by atoms with E-state index < -0.39 is 35.5 Å². The molecule has 2 heterocycles. The number of alkyl halides is 3. The maximum absolute atomic E-state index is 12.8. The summed E-state index contributed by atoms with van der Waals surface area (Å²) in [7, 11) is 2.88. The number of benzene rings is 1. The van der Waals surface area contributed by atoms with Gasteiger partial charge in [-0.1, -0.05) is 6.07 Å². The number of carbonyl (C=O) groups is 3. The minimum Gasteiger partial charge on any atom is -0.325 e. The lowest BCUT2D eigenvalue weighted by Crippen LogP contribution is -2.52. The molecule has 7 nitrogen and oxygen atoms in total. The van der Waals surface area contributed by atoms with Crippen molar-refractivity contribution >= 4 is 47.3 Å². The molecule has 0 saturated carbocycles. The first kappa shape index (κ1) is 21.8. The fourth-order valence-electron chi connectivity index (χ4n) is 3.07. The van der Waals surface area contributed by atoms with E-state index in [1.54, 1.807) is 6.92 Å². The van der Waals surface area contributed by atoms with Crippen molar-refractivity contribution in [3.63, 3.8) is 0 Å². The van der Waals surface area contributed by atoms with Crippen molar-refractivity contribution in [2.75, 3.05) is 25.2 Å². The Morgan fingerprint density at radius 3 is 2.70 bits per heavy atom. The minimum atomic E-state index is -4.51. The van der Waals surface area contributed by atoms with Crippen LogP contribution in [0, 0.1) is 5.92 Å². The number of rotatable bonds is 4. The molecule has 0 radical (unpaired) electrons. The summed E-state index contributed by atoms with van der Waals surface area (Å²) in [5, 5.41) is 2.43. The molecule has 2 aliphatic heterocycles. The quantitative estimate of drug-likeness (QED) is 0.732. The molecule has 0 aromatic heterocycles. The third kappa shape index (κ3) is 4.16. The van der Waals surface area contributed by atoms with Crippen molar-refractivity contribution in [3.8, 4) is 0 Å². The number of hydrogen-bond donors (Lipinski definition) is 1. The number of urea groups is 1. The number of allylic oxidation sites excluding steroid dienone is 1. The predicted octanol–water partition coefficient (Wildman–Crippen LogP) is 2.98. The number of carbonyl (C=O) groups excluding carboxylic acids is 3. The number of amidine groups is 1. The van der Waals surface area contributed by atoms with E-state index in [0.29, 0.717) is 10.5 Å². The molecule has 1 unspecified atom stereocenters. The highest BCUT2D eigenvalue weighted by Gasteiger charge is 2.47. The Labute approximate surface area is 174 Å². The molecule has 1 atom stereocenters. The number of thioether (sulfide) groups is 1. The van der Waals surface area contributed by atoms with Crippen LogP contribution in [0.15, 0.2) is 39.7 Å². The van der Waals surface area contributed by atoms with E-state index in [1.807, 2.05) is 0 Å². The average Bonchev–Trinajstić information content (AvgIpc) is 2.69. The summed E-state index contributed by atoms with van der Waals surface area (Å²) in [5.74, 6) is -1.65. The maximum atomic E-state index is 12.8. The standard InChI is InChI=1S/C19H17F3N4O3S/c1-10-8-23-16-14(17(28)26(3)18(29)25(16)2)15(10)30-9-13(27)24-12-6-4-5-11(7-12)19(20,21)22/h4-8,14H,9H2,1-3H3/p+1. The zero-order valence-electron chi connectivity index (χ0n) is 16.3. The Morgan fingerprint density at radius 2 is 2.03 bits per heavy atom. The first-order valence-electron chi connectivity index (χ1n) is 8.77. The normalized spacial score (nSPS) is 19.4. The highest BCUT2D eigenvalue weighted by molar-refractivity contribution is 8.03. The van der Waals surface area contributed by atoms with E-state index in [-0.39, 0.29) is 17.3 Å². The number of imide groups is 1. The molecule has 3 rings (SSSR count). The van der Waals surface area contributed by atoms with Gasteiger partial charge in [-0.2, -0.15) is 22.6 Å². The highest BCUT2D eigenvalue weighted by Crippen LogP contribution is 2.35. The van der Waals surface area contributed by atoms with Crippen LogP contribution in [0.3, 0.4) is 0 Å². The van der Waals surface area contributed by atoms with Gasteiger partial charge in [0.25, 0.3) is 5.84 Å². The Kier molecular flexibility index (Phi) is 5.84. The number of nitrogens with one attached hydrogen (secondary N) is 1. The second kappa shape index (κ2) is 8.05. The fourth-order valence-corrected chi connectivity index (χ4v) is 4.08. The SMILES string of the molecule is CC1=C(SCC(=O)Nc2cccc(C(F)(F)F)c2)C2C(=O)N(C)C(=O)[N+](C)=C2N=C1. The monoisotopic (exact) mass is 439 g/mol. The number of dihydropyridines is 1. The lowest BCUT2D eigenvalue weighted by molar-refractivity contribution is -0.407. The Bertz CT molecular complexity index is 1030. The summed E-state index contributed by atoms with van der Waals surface area (Å²) in [6.45, 7) is 1.73. The number of hydrogen-bond acceptors (Lipinski definition) is 5. The van der Waals surface area contributed by atoms with Gasteiger partial charge in [0.2, 0.25) is 5.91 Å². The van der Waals surface area contributed by atoms with Crippen molar-refractivity contribution in [3.05, 3.63) is 40.3 Å². The first-order chi connectivity index (χ1) is 14.0. The summed E-state index contributed by atoms with van der Waals surface area (Å²) in [6.07, 6.45) is -3.00. The van der Waals surface area contributed by atoms with Gasteiger partial charge in [-0.05, 0) is 30.7 Å². The van der Waals surface area contributed by atoms with Gasteiger partial charge < -0.3 is 5.32 Å². The lowest BCUT2D eigenvalue weighted by atomic mass is 9.99. The third-order valence-corrected chi connectivity index (χ3v) is 5.90. The lowest BCUT2D eigenvalue weighted by Gasteiger charge is -2.27. The molecule has 1 aromatic carbocycles. The van der Waals surface area contributed by atoms with Crippen LogP contribution in [0.1, 0.15) is 12.5 Å². The molecule has 0 aliphatic carbocycles. The summed E-state index contributed by atoms with van der Waals surface area (Å²) in [6, 6.07) is 3.84. The molecule has 30 heavy (non-hydrogen) atoms. The van der Waals surface area contributed by atoms with E-state index in [0.717, 1.165) is 28.8 Å². The molecule has 0 saturated heterocycles. The summed E-state index contributed by atoms with van der Waals surface area (Å²) in [4.78, 5) is 42.8. The van der Waals surface area contributed by atoms with Crippen molar-refractivity contribution in [1.29, 1.82) is 0 Å². The topological polar surface area (TPSA) is 81.9 Å². The number of halogens is 3. The second-order valence-corrected chi connectivity index (χ2v) is 7.77. The van der Waals surface area contributed by atoms with Crippen LogP contribution >= 0.6 is 11.8 Å². The number of aliphatic imine (C=N–C) groups is 1. The van der Waals surface area contributed by atoms with Crippen molar-refractivity contribution in [2.24, 2.45) is 10.9 Å². The Hall–Kier alpha value is -2.95. The van der Waals surface area contributed by atoms with Gasteiger partial charge in [0, 0.05) is 10.6 Å². The van der Waals surface area contributed by atoms with Gasteiger partial charge in [-0.3, -0.25) is 9.59 Å². The van der Waals surface area contributed by atoms with Crippen LogP contribution in [0.2, 0.25) is 0 Å². The van der Waals surface area contributed by atoms with Gasteiger partial charge in [-0.15, -0.1) is 16.8 Å². The zero-order valence-corrected chi connectivity index (χ0v) is 17.1. The highest BCUT2D eigenvalue weighted by atomic mass is 32.2. The number of nitrogens with zero attached hydrogens (tertiary/aromatic N) is 3. The third-order valence-electron chi connectivity index (χ3n) is 4.63. The van der Waals surface area contributed by atoms with Crippen LogP contribution in [-0.4, -0.2) is 59.2 Å². The Morgan fingerprint density at radius 1 is 1.33 bits per heavy atom. The van der Waals surface area contributed by atoms with E-state index in [9.17, 15) is 27.6 Å². The molecule has 11 heteroatoms. The maximum Gasteiger partial charge on any atom is 0.445 e. The van der Waals surface area contributed by atoms with E-state index in [2.05, 4.69) is 10.3 Å². The number of amides is 4. The average molecular weight is 439 g/mol. The molecular weight excluding hydrogens is 421 g/mol. The molecule has 0 bridgehead atoms. The van der Waals surface area contributed by atoms with Crippen LogP contribution in [0.25, 0.3) is 0 Å². The van der Waals surface area contributed by atoms with Gasteiger partial charge in [-0.25, -0.2) is 4.79 Å². The van der Waals surface area contributed by atoms with Crippen LogP contribution in [0.5, 0.6) is 0 Å². The predicted molar refractivity (Wildman–Crippen MR) is 107 cm³/mol. The molecule has 1 aromatic rings. The van der Waals surface area contributed by atoms with Gasteiger partial charge in [0.1, 0.15) is 6.21 Å². The van der Waals surface area contributed by atoms with Crippen molar-refractivity contribution in [2.45, 2.75) is 13.1 Å². The van der Waals surface area contributed by atoms with Crippen LogP contribution < -0.4 is 5.32 Å². The summed E-state index contributed by atoms with van der Waals surface area (Å²) < 4.78 is 39.7. The van der Waals surface area contributed by atoms with E-state index in [4.69, 9.17) is 0 Å². The molecule has 158 valence electrons. The second-order valence-electron chi connectivity index (χ2n) is 6.75. The molecular formula is C19H18F3N4O3S+. The minimum absolute atomic E-state index is 0.0254. The van der Waals surface area contributed by atoms with Gasteiger partial charge in [0.05, 0.1) is 25.4 Å². The fraction of sp³-hybridized carbons (Fsp3) is 0.316. The number of anilines is 1. The van der Waals surface area contributed by atoms with Crippen molar-refractivity contribution < 1.29 is 32.1 Å². The van der Waals surface area contributed by atoms with E-state index in [1.165, 1.54) is 37.0 Å². The molecule has 2 aliphatic rings. The molecule has 0 spiro atoms. The number of fused-ring (bicyclic) bond motifs is 1. The first-order valence-corrected chi connectivity index (χ1v) is 9.76. The summed E-state index contributed by atoms with van der Waals surface area (Å²) in [5.41, 5.74) is -0.166. The van der Waals surface area contributed by atoms with E-state index >= 15 is 0 Å². The van der Waals surface area contributed by atoms with Crippen LogP contribution in [0.4, 0.5) is 23.7 Å². The molecule has 1 N–H and O–H groups in total. The summed E-state index contributed by atoms with van der Waals surface area (Å²) >= 11 is 1.09. The molecule has 4 amide bonds. The smallest absolute Gasteiger partial charge is 0.325 e. The Balaban J connectivity index is 1.75. The zero-order chi connectivity index (χ0) is 22.2.